The zero-order valence-electron chi connectivity index (χ0n) is 20.0. The number of nitrogens with zero attached hydrogens (tertiary/aromatic N) is 4. The van der Waals surface area contributed by atoms with Crippen molar-refractivity contribution in [2.45, 2.75) is 25.7 Å². The second-order valence-electron chi connectivity index (χ2n) is 8.26. The largest absolute Gasteiger partial charge is 0.508 e. The molecule has 3 N–H and O–H groups in total. The summed E-state index contributed by atoms with van der Waals surface area (Å²) >= 11 is 2.27. The van der Waals surface area contributed by atoms with Gasteiger partial charge in [0.1, 0.15) is 15.8 Å². The molecule has 0 unspecified atom stereocenters. The van der Waals surface area contributed by atoms with E-state index in [4.69, 9.17) is 0 Å². The molecule has 0 saturated heterocycles. The number of phenols is 1. The Morgan fingerprint density at radius 2 is 1.18 bits per heavy atom. The van der Waals surface area contributed by atoms with Gasteiger partial charge in [-0.2, -0.15) is 0 Å². The van der Waals surface area contributed by atoms with Crippen LogP contribution in [-0.2, 0) is 45.1 Å². The van der Waals surface area contributed by atoms with E-state index in [1.54, 1.807) is 12.1 Å². The Hall–Kier alpha value is -3.75. The topological polar surface area (TPSA) is 164 Å². The number of anilines is 2. The lowest BCUT2D eigenvalue weighted by molar-refractivity contribution is -0.116. The smallest absolute Gasteiger partial charge is 0.230 e. The van der Waals surface area contributed by atoms with E-state index >= 15 is 0 Å². The van der Waals surface area contributed by atoms with Crippen molar-refractivity contribution < 1.29 is 23.1 Å². The number of aromatic hydroxyl groups is 1. The van der Waals surface area contributed by atoms with Gasteiger partial charge in [0, 0.05) is 12.8 Å². The lowest BCUT2D eigenvalue weighted by atomic mass is 10.1. The quantitative estimate of drug-likeness (QED) is 0.231. The minimum atomic E-state index is -3.41. The molecular formula is C24H24N6O5S3. The number of aromatic nitrogens is 4. The van der Waals surface area contributed by atoms with Crippen molar-refractivity contribution in [1.82, 2.24) is 20.4 Å². The zero-order chi connectivity index (χ0) is 27.0. The number of carbonyl (C=O) groups is 2. The maximum atomic E-state index is 12.5. The van der Waals surface area contributed by atoms with E-state index in [-0.39, 0.29) is 59.9 Å². The molecule has 0 aliphatic carbocycles. The molecule has 4 aromatic rings. The first-order valence-corrected chi connectivity index (χ1v) is 15.0. The Kier molecular flexibility index (Phi) is 9.10. The van der Waals surface area contributed by atoms with E-state index in [9.17, 15) is 23.1 Å². The van der Waals surface area contributed by atoms with Crippen molar-refractivity contribution in [3.8, 4) is 5.75 Å². The average molecular weight is 573 g/mol. The summed E-state index contributed by atoms with van der Waals surface area (Å²) in [7, 11) is -3.41. The van der Waals surface area contributed by atoms with Gasteiger partial charge in [-0.05, 0) is 23.3 Å². The maximum Gasteiger partial charge on any atom is 0.230 e. The van der Waals surface area contributed by atoms with Crippen LogP contribution in [0.3, 0.4) is 0 Å². The Labute approximate surface area is 226 Å². The van der Waals surface area contributed by atoms with Crippen LogP contribution < -0.4 is 10.6 Å². The predicted molar refractivity (Wildman–Crippen MR) is 145 cm³/mol. The molecular weight excluding hydrogens is 549 g/mol. The third-order valence-electron chi connectivity index (χ3n) is 5.19. The minimum Gasteiger partial charge on any atom is -0.508 e. The number of hydrogen-bond acceptors (Lipinski definition) is 11. The van der Waals surface area contributed by atoms with Gasteiger partial charge in [-0.3, -0.25) is 9.59 Å². The fourth-order valence-corrected chi connectivity index (χ4v) is 6.29. The van der Waals surface area contributed by atoms with Crippen molar-refractivity contribution in [2.75, 3.05) is 22.1 Å². The molecule has 0 aliphatic rings. The Bertz CT molecular complexity index is 1490. The Morgan fingerprint density at radius 3 is 1.68 bits per heavy atom. The van der Waals surface area contributed by atoms with Crippen LogP contribution in [0, 0.1) is 0 Å². The van der Waals surface area contributed by atoms with Crippen LogP contribution in [0.5, 0.6) is 5.75 Å². The van der Waals surface area contributed by atoms with E-state index < -0.39 is 9.84 Å². The molecule has 198 valence electrons. The number of aryl methyl sites for hydroxylation is 2. The van der Waals surface area contributed by atoms with Crippen molar-refractivity contribution in [3.05, 3.63) is 75.7 Å². The summed E-state index contributed by atoms with van der Waals surface area (Å²) in [4.78, 5) is 24.4. The fraction of sp³-hybridized carbons (Fsp3) is 0.250. The molecule has 0 spiro atoms. The standard InChI is InChI=1S/C24H24N6O5S3/c31-18-8-6-17(7-9-18)15-20(33)26-24-30-28-22(37-24)11-13-38(34,35)12-10-21-27-29-23(36-21)25-19(32)14-16-4-2-1-3-5-16/h1-9,31H,10-15H2,(H,25,29,32)(H,26,30,33). The van der Waals surface area contributed by atoms with Gasteiger partial charge in [0.15, 0.2) is 9.84 Å². The number of rotatable bonds is 12. The van der Waals surface area contributed by atoms with Crippen LogP contribution in [0.1, 0.15) is 21.1 Å². The van der Waals surface area contributed by atoms with Crippen molar-refractivity contribution in [2.24, 2.45) is 0 Å². The molecule has 38 heavy (non-hydrogen) atoms. The van der Waals surface area contributed by atoms with Gasteiger partial charge in [-0.1, -0.05) is 65.1 Å². The lowest BCUT2D eigenvalue weighted by Crippen LogP contribution is -2.14. The van der Waals surface area contributed by atoms with Gasteiger partial charge in [0.25, 0.3) is 0 Å². The Morgan fingerprint density at radius 1 is 0.711 bits per heavy atom. The summed E-state index contributed by atoms with van der Waals surface area (Å²) in [6.45, 7) is 0. The van der Waals surface area contributed by atoms with Crippen LogP contribution in [0.15, 0.2) is 54.6 Å². The number of amides is 2. The molecule has 2 amide bonds. The summed E-state index contributed by atoms with van der Waals surface area (Å²) in [5.74, 6) is -0.635. The van der Waals surface area contributed by atoms with Crippen molar-refractivity contribution in [3.63, 3.8) is 0 Å². The first kappa shape index (κ1) is 27.3. The molecule has 0 atom stereocenters. The summed E-state index contributed by atoms with van der Waals surface area (Å²) in [5.41, 5.74) is 1.60. The number of nitrogens with one attached hydrogen (secondary N) is 2. The molecule has 0 radical (unpaired) electrons. The highest BCUT2D eigenvalue weighted by Gasteiger charge is 2.17. The van der Waals surface area contributed by atoms with Gasteiger partial charge < -0.3 is 15.7 Å². The van der Waals surface area contributed by atoms with Crippen LogP contribution in [0.4, 0.5) is 10.3 Å². The Balaban J connectivity index is 1.19. The number of sulfone groups is 1. The maximum absolute atomic E-state index is 12.5. The number of carbonyl (C=O) groups excluding carboxylic acids is 2. The molecule has 0 aliphatic heterocycles. The zero-order valence-corrected chi connectivity index (χ0v) is 22.5. The molecule has 4 rings (SSSR count). The molecule has 0 fully saturated rings. The van der Waals surface area contributed by atoms with Crippen LogP contribution in [0.2, 0.25) is 0 Å². The highest BCUT2D eigenvalue weighted by molar-refractivity contribution is 7.91. The van der Waals surface area contributed by atoms with Gasteiger partial charge in [-0.25, -0.2) is 8.42 Å². The number of phenolic OH excluding ortho intramolecular Hbond substituents is 1. The van der Waals surface area contributed by atoms with E-state index in [2.05, 4.69) is 31.0 Å². The van der Waals surface area contributed by atoms with E-state index in [1.165, 1.54) is 12.1 Å². The van der Waals surface area contributed by atoms with Crippen molar-refractivity contribution >= 4 is 54.6 Å². The third kappa shape index (κ3) is 8.68. The highest BCUT2D eigenvalue weighted by atomic mass is 32.2. The van der Waals surface area contributed by atoms with Crippen LogP contribution >= 0.6 is 22.7 Å². The normalized spacial score (nSPS) is 11.3. The summed E-state index contributed by atoms with van der Waals surface area (Å²) in [6.07, 6.45) is 0.668. The van der Waals surface area contributed by atoms with E-state index in [0.717, 1.165) is 33.8 Å². The highest BCUT2D eigenvalue weighted by Crippen LogP contribution is 2.19. The molecule has 0 bridgehead atoms. The van der Waals surface area contributed by atoms with Crippen LogP contribution in [0.25, 0.3) is 0 Å². The third-order valence-corrected chi connectivity index (χ3v) is 8.64. The summed E-state index contributed by atoms with van der Waals surface area (Å²) in [6, 6.07) is 15.6. The van der Waals surface area contributed by atoms with E-state index in [0.29, 0.717) is 15.1 Å². The lowest BCUT2D eigenvalue weighted by Gasteiger charge is -2.02. The fourth-order valence-electron chi connectivity index (χ4n) is 3.31. The van der Waals surface area contributed by atoms with Crippen LogP contribution in [-0.4, -0.2) is 57.2 Å². The number of hydrogen-bond donors (Lipinski definition) is 3. The summed E-state index contributed by atoms with van der Waals surface area (Å²) in [5, 5.41) is 32.1. The van der Waals surface area contributed by atoms with Gasteiger partial charge in [-0.15, -0.1) is 20.4 Å². The molecule has 14 heteroatoms. The predicted octanol–water partition coefficient (Wildman–Crippen LogP) is 2.66. The van der Waals surface area contributed by atoms with Crippen molar-refractivity contribution in [1.29, 1.82) is 0 Å². The first-order chi connectivity index (χ1) is 18.2. The van der Waals surface area contributed by atoms with Gasteiger partial charge in [0.05, 0.1) is 24.3 Å². The molecule has 0 saturated carbocycles. The average Bonchev–Trinajstić information content (AvgIpc) is 3.53. The number of benzene rings is 2. The molecule has 2 heterocycles. The van der Waals surface area contributed by atoms with E-state index in [1.807, 2.05) is 30.3 Å². The summed E-state index contributed by atoms with van der Waals surface area (Å²) < 4.78 is 25.1. The minimum absolute atomic E-state index is 0.105. The second-order valence-corrected chi connectivity index (χ2v) is 12.7. The first-order valence-electron chi connectivity index (χ1n) is 11.5. The second kappa shape index (κ2) is 12.7. The molecule has 2 aromatic heterocycles. The van der Waals surface area contributed by atoms with Gasteiger partial charge in [0.2, 0.25) is 22.1 Å². The monoisotopic (exact) mass is 572 g/mol. The SMILES string of the molecule is O=C(Cc1ccccc1)Nc1nnc(CCS(=O)(=O)CCc2nnc(NC(=O)Cc3ccc(O)cc3)s2)s1. The molecule has 11 nitrogen and oxygen atoms in total. The van der Waals surface area contributed by atoms with Gasteiger partial charge >= 0.3 is 0 Å². The molecule has 2 aromatic carbocycles.